The molecule has 1 N–H and O–H groups in total. The van der Waals surface area contributed by atoms with Crippen molar-refractivity contribution >= 4 is 34.4 Å². The van der Waals surface area contributed by atoms with Crippen molar-refractivity contribution in [2.75, 3.05) is 12.4 Å². The third-order valence-electron chi connectivity index (χ3n) is 4.55. The lowest BCUT2D eigenvalue weighted by molar-refractivity contribution is -0.137. The van der Waals surface area contributed by atoms with Crippen LogP contribution in [-0.4, -0.2) is 23.8 Å². The summed E-state index contributed by atoms with van der Waals surface area (Å²) in [4.78, 5) is 28.2. The molecule has 1 aromatic heterocycles. The van der Waals surface area contributed by atoms with E-state index in [0.29, 0.717) is 21.9 Å². The summed E-state index contributed by atoms with van der Waals surface area (Å²) in [6.07, 6.45) is 0. The van der Waals surface area contributed by atoms with E-state index in [1.165, 1.54) is 34.4 Å². The molecule has 7 heteroatoms. The number of nitrogens with zero attached hydrogens (tertiary/aromatic N) is 1. The van der Waals surface area contributed by atoms with Gasteiger partial charge < -0.3 is 10.1 Å². The summed E-state index contributed by atoms with van der Waals surface area (Å²) >= 11 is 1.36. The van der Waals surface area contributed by atoms with Crippen LogP contribution in [0.5, 0.6) is 5.75 Å². The first-order valence-electron chi connectivity index (χ1n) is 8.87. The maximum Gasteiger partial charge on any atom is 0.278 e. The molecule has 0 atom stereocenters. The molecule has 0 fully saturated rings. The van der Waals surface area contributed by atoms with Crippen LogP contribution in [0.4, 0.5) is 10.1 Å². The van der Waals surface area contributed by atoms with Gasteiger partial charge in [-0.15, -0.1) is 11.3 Å². The predicted octanol–water partition coefficient (Wildman–Crippen LogP) is 4.29. The highest BCUT2D eigenvalue weighted by atomic mass is 32.1. The minimum absolute atomic E-state index is 0.0743. The largest absolute Gasteiger partial charge is 0.496 e. The van der Waals surface area contributed by atoms with Crippen LogP contribution in [-0.2, 0) is 16.1 Å². The van der Waals surface area contributed by atoms with Crippen molar-refractivity contribution in [2.24, 2.45) is 0 Å². The lowest BCUT2D eigenvalue weighted by Gasteiger charge is -2.17. The van der Waals surface area contributed by atoms with Crippen LogP contribution < -0.4 is 10.1 Å². The molecule has 0 unspecified atom stereocenters. The number of carbonyl (C=O) groups is 2. The molecule has 0 bridgehead atoms. The Balaban J connectivity index is 1.72. The van der Waals surface area contributed by atoms with Crippen LogP contribution in [0, 0.1) is 5.82 Å². The minimum atomic E-state index is -0.464. The Hall–Kier alpha value is -3.45. The number of para-hydroxylation sites is 1. The molecule has 29 heavy (non-hydrogen) atoms. The second-order valence-electron chi connectivity index (χ2n) is 6.37. The van der Waals surface area contributed by atoms with Gasteiger partial charge in [0.15, 0.2) is 0 Å². The zero-order valence-electron chi connectivity index (χ0n) is 15.5. The fraction of sp³-hybridized carbons (Fsp3) is 0.0909. The number of hydrogen-bond acceptors (Lipinski definition) is 5. The summed E-state index contributed by atoms with van der Waals surface area (Å²) in [5.74, 6) is -0.705. The molecule has 0 saturated heterocycles. The number of amides is 2. The van der Waals surface area contributed by atoms with E-state index in [2.05, 4.69) is 5.32 Å². The predicted molar refractivity (Wildman–Crippen MR) is 110 cm³/mol. The van der Waals surface area contributed by atoms with Gasteiger partial charge >= 0.3 is 0 Å². The summed E-state index contributed by atoms with van der Waals surface area (Å²) in [5.41, 5.74) is 1.53. The van der Waals surface area contributed by atoms with Gasteiger partial charge in [0.05, 0.1) is 19.2 Å². The van der Waals surface area contributed by atoms with Crippen molar-refractivity contribution in [3.05, 3.63) is 88.0 Å². The second-order valence-corrected chi connectivity index (χ2v) is 7.32. The Morgan fingerprint density at radius 3 is 2.59 bits per heavy atom. The molecule has 0 aliphatic carbocycles. The number of benzene rings is 2. The average Bonchev–Trinajstić information content (AvgIpc) is 3.32. The number of anilines is 1. The standard InChI is InChI=1S/C22H17FN2O3S/c1-28-17-9-3-2-6-14(17)13-25-21(26)19(18-10-5-11-29-18)20(22(25)27)24-16-8-4-7-15(23)12-16/h2-12,24H,13H2,1H3. The molecule has 0 spiro atoms. The molecule has 1 aliphatic heterocycles. The third-order valence-corrected chi connectivity index (χ3v) is 5.44. The highest BCUT2D eigenvalue weighted by molar-refractivity contribution is 7.11. The highest BCUT2D eigenvalue weighted by Crippen LogP contribution is 2.34. The Morgan fingerprint density at radius 2 is 1.86 bits per heavy atom. The summed E-state index contributed by atoms with van der Waals surface area (Å²) < 4.78 is 18.9. The molecule has 0 saturated carbocycles. The number of imide groups is 1. The molecule has 2 heterocycles. The molecule has 1 aliphatic rings. The Morgan fingerprint density at radius 1 is 1.03 bits per heavy atom. The lowest BCUT2D eigenvalue weighted by Crippen LogP contribution is -2.32. The quantitative estimate of drug-likeness (QED) is 0.619. The number of hydrogen-bond donors (Lipinski definition) is 1. The van der Waals surface area contributed by atoms with E-state index in [-0.39, 0.29) is 17.8 Å². The Kier molecular flexibility index (Phi) is 5.14. The Labute approximate surface area is 171 Å². The number of carbonyl (C=O) groups excluding carboxylic acids is 2. The molecule has 146 valence electrons. The van der Waals surface area contributed by atoms with E-state index >= 15 is 0 Å². The van der Waals surface area contributed by atoms with Crippen LogP contribution >= 0.6 is 11.3 Å². The number of rotatable bonds is 6. The number of thiophene rings is 1. The fourth-order valence-electron chi connectivity index (χ4n) is 3.20. The van der Waals surface area contributed by atoms with Crippen molar-refractivity contribution in [1.29, 1.82) is 0 Å². The van der Waals surface area contributed by atoms with Crippen LogP contribution in [0.1, 0.15) is 10.4 Å². The van der Waals surface area contributed by atoms with Gasteiger partial charge in [-0.25, -0.2) is 4.39 Å². The zero-order chi connectivity index (χ0) is 20.4. The topological polar surface area (TPSA) is 58.6 Å². The average molecular weight is 408 g/mol. The van der Waals surface area contributed by atoms with Crippen molar-refractivity contribution in [3.63, 3.8) is 0 Å². The summed E-state index contributed by atoms with van der Waals surface area (Å²) in [6, 6.07) is 16.6. The summed E-state index contributed by atoms with van der Waals surface area (Å²) in [7, 11) is 1.54. The number of nitrogens with one attached hydrogen (secondary N) is 1. The van der Waals surface area contributed by atoms with Gasteiger partial charge in [0.25, 0.3) is 11.8 Å². The van der Waals surface area contributed by atoms with Crippen LogP contribution in [0.15, 0.2) is 71.7 Å². The maximum absolute atomic E-state index is 13.6. The van der Waals surface area contributed by atoms with Crippen molar-refractivity contribution in [1.82, 2.24) is 4.90 Å². The van der Waals surface area contributed by atoms with Gasteiger partial charge in [0.2, 0.25) is 0 Å². The van der Waals surface area contributed by atoms with Crippen molar-refractivity contribution < 1.29 is 18.7 Å². The number of methoxy groups -OCH3 is 1. The molecule has 2 aromatic carbocycles. The monoisotopic (exact) mass is 408 g/mol. The van der Waals surface area contributed by atoms with Gasteiger partial charge in [0, 0.05) is 16.1 Å². The van der Waals surface area contributed by atoms with Crippen molar-refractivity contribution in [2.45, 2.75) is 6.54 Å². The Bertz CT molecular complexity index is 1110. The van der Waals surface area contributed by atoms with E-state index in [4.69, 9.17) is 4.74 Å². The van der Waals surface area contributed by atoms with Gasteiger partial charge in [-0.1, -0.05) is 30.3 Å². The first-order chi connectivity index (χ1) is 14.1. The fourth-order valence-corrected chi connectivity index (χ4v) is 3.97. The van der Waals surface area contributed by atoms with Gasteiger partial charge in [-0.2, -0.15) is 0 Å². The smallest absolute Gasteiger partial charge is 0.278 e. The lowest BCUT2D eigenvalue weighted by atomic mass is 10.1. The highest BCUT2D eigenvalue weighted by Gasteiger charge is 2.40. The maximum atomic E-state index is 13.6. The first-order valence-corrected chi connectivity index (χ1v) is 9.75. The molecule has 0 radical (unpaired) electrons. The van der Waals surface area contributed by atoms with Gasteiger partial charge in [-0.3, -0.25) is 14.5 Å². The second kappa shape index (κ2) is 7.89. The van der Waals surface area contributed by atoms with E-state index in [1.54, 1.807) is 25.3 Å². The molecular formula is C22H17FN2O3S. The number of halogens is 1. The first kappa shape index (κ1) is 18.9. The summed E-state index contributed by atoms with van der Waals surface area (Å²) in [6.45, 7) is 0.0743. The molecule has 5 nitrogen and oxygen atoms in total. The minimum Gasteiger partial charge on any atom is -0.496 e. The van der Waals surface area contributed by atoms with E-state index in [1.807, 2.05) is 29.6 Å². The van der Waals surface area contributed by atoms with Crippen molar-refractivity contribution in [3.8, 4) is 5.75 Å². The van der Waals surface area contributed by atoms with E-state index < -0.39 is 17.6 Å². The van der Waals surface area contributed by atoms with E-state index in [0.717, 1.165) is 0 Å². The summed E-state index contributed by atoms with van der Waals surface area (Å²) in [5, 5.41) is 4.78. The SMILES string of the molecule is COc1ccccc1CN1C(=O)C(Nc2cccc(F)c2)=C(c2cccs2)C1=O. The molecule has 3 aromatic rings. The molecule has 2 amide bonds. The number of ether oxygens (including phenoxy) is 1. The zero-order valence-corrected chi connectivity index (χ0v) is 16.3. The molecule has 4 rings (SSSR count). The van der Waals surface area contributed by atoms with Gasteiger partial charge in [0.1, 0.15) is 17.3 Å². The van der Waals surface area contributed by atoms with Crippen LogP contribution in [0.25, 0.3) is 5.57 Å². The third kappa shape index (κ3) is 3.64. The molecular weight excluding hydrogens is 391 g/mol. The van der Waals surface area contributed by atoms with Crippen LogP contribution in [0.2, 0.25) is 0 Å². The van der Waals surface area contributed by atoms with E-state index in [9.17, 15) is 14.0 Å². The van der Waals surface area contributed by atoms with Crippen LogP contribution in [0.3, 0.4) is 0 Å². The normalized spacial score (nSPS) is 13.9. The van der Waals surface area contributed by atoms with Gasteiger partial charge in [-0.05, 0) is 35.7 Å².